The van der Waals surface area contributed by atoms with E-state index >= 15 is 0 Å². The molecule has 0 spiro atoms. The van der Waals surface area contributed by atoms with Crippen molar-refractivity contribution in [1.29, 1.82) is 0 Å². The minimum atomic E-state index is -3.33. The van der Waals surface area contributed by atoms with Crippen LogP contribution in [0.2, 0.25) is 0 Å². The summed E-state index contributed by atoms with van der Waals surface area (Å²) in [5.41, 5.74) is -1.02. The molecule has 2 unspecified atom stereocenters. The van der Waals surface area contributed by atoms with Crippen LogP contribution in [-0.4, -0.2) is 83.2 Å². The Labute approximate surface area is 224 Å². The highest BCUT2D eigenvalue weighted by atomic mass is 35.5. The molecule has 0 aromatic carbocycles. The van der Waals surface area contributed by atoms with Gasteiger partial charge < -0.3 is 15.5 Å². The maximum absolute atomic E-state index is 13.8. The Morgan fingerprint density at radius 1 is 1.18 bits per heavy atom. The Hall–Kier alpha value is -2.57. The van der Waals surface area contributed by atoms with Crippen LogP contribution in [0.5, 0.6) is 0 Å². The second kappa shape index (κ2) is 12.1. The first-order chi connectivity index (χ1) is 17.8. The lowest BCUT2D eigenvalue weighted by molar-refractivity contribution is -0.151. The molecule has 0 aromatic heterocycles. The summed E-state index contributed by atoms with van der Waals surface area (Å²) in [6.45, 7) is 5.29. The Kier molecular flexibility index (Phi) is 9.53. The number of amides is 5. The molecule has 3 fully saturated rings. The monoisotopic (exact) mass is 565 g/mol. The van der Waals surface area contributed by atoms with Crippen LogP contribution in [0.3, 0.4) is 0 Å². The molecule has 2 heterocycles. The third-order valence-corrected chi connectivity index (χ3v) is 8.32. The molecule has 3 aliphatic rings. The van der Waals surface area contributed by atoms with Crippen molar-refractivity contribution in [3.05, 3.63) is 0 Å². The Balaban J connectivity index is 1.88. The molecule has 0 radical (unpaired) electrons. The number of hydrogen-bond donors (Lipinski definition) is 3. The number of fused-ring (bicyclic) bond motifs is 1. The van der Waals surface area contributed by atoms with Crippen LogP contribution in [0, 0.1) is 23.2 Å². The molecule has 6 atom stereocenters. The van der Waals surface area contributed by atoms with E-state index in [1.165, 1.54) is 4.90 Å². The van der Waals surface area contributed by atoms with Crippen LogP contribution in [-0.2, 0) is 24.0 Å². The highest BCUT2D eigenvalue weighted by Gasteiger charge is 2.52. The van der Waals surface area contributed by atoms with E-state index in [1.807, 2.05) is 0 Å². The molecule has 14 heteroatoms. The first kappa shape index (κ1) is 30.0. The van der Waals surface area contributed by atoms with E-state index in [4.69, 9.17) is 11.6 Å². The zero-order valence-corrected chi connectivity index (χ0v) is 22.4. The largest absolute Gasteiger partial charge is 0.356 e. The Morgan fingerprint density at radius 2 is 1.87 bits per heavy atom. The van der Waals surface area contributed by atoms with Gasteiger partial charge in [-0.25, -0.2) is 9.40 Å². The van der Waals surface area contributed by atoms with Crippen LogP contribution in [0.25, 0.3) is 0 Å². The van der Waals surface area contributed by atoms with Gasteiger partial charge >= 0.3 is 6.43 Å². The average Bonchev–Trinajstić information content (AvgIpc) is 3.56. The number of alkyl halides is 4. The summed E-state index contributed by atoms with van der Waals surface area (Å²) in [7, 11) is 0. The summed E-state index contributed by atoms with van der Waals surface area (Å²) >= 11 is 5.36. The molecule has 5 amide bonds. The minimum Gasteiger partial charge on any atom is -0.356 e. The van der Waals surface area contributed by atoms with E-state index in [1.54, 1.807) is 20.8 Å². The molecule has 0 bridgehead atoms. The van der Waals surface area contributed by atoms with Gasteiger partial charge in [-0.05, 0) is 42.9 Å². The number of rotatable bonds is 9. The maximum atomic E-state index is 13.8. The first-order valence-electron chi connectivity index (χ1n) is 12.8. The number of nitrogens with one attached hydrogen (secondary N) is 3. The second-order valence-corrected chi connectivity index (χ2v) is 11.3. The van der Waals surface area contributed by atoms with Gasteiger partial charge in [-0.1, -0.05) is 38.8 Å². The van der Waals surface area contributed by atoms with Crippen molar-refractivity contribution in [2.75, 3.05) is 19.6 Å². The number of likely N-dealkylation sites (tertiary alicyclic amines) is 1. The number of hydrazine groups is 1. The normalized spacial score (nSPS) is 26.5. The van der Waals surface area contributed by atoms with Crippen molar-refractivity contribution in [3.8, 4) is 0 Å². The van der Waals surface area contributed by atoms with Crippen molar-refractivity contribution in [3.63, 3.8) is 0 Å². The van der Waals surface area contributed by atoms with Crippen LogP contribution < -0.4 is 16.1 Å². The van der Waals surface area contributed by atoms with Gasteiger partial charge in [-0.2, -0.15) is 8.78 Å². The number of carbonyl (C=O) groups is 5. The predicted molar refractivity (Wildman–Crippen MR) is 130 cm³/mol. The summed E-state index contributed by atoms with van der Waals surface area (Å²) in [4.78, 5) is 65.0. The fraction of sp³-hybridized carbons (Fsp3) is 0.792. The van der Waals surface area contributed by atoms with Gasteiger partial charge in [-0.3, -0.25) is 29.4 Å². The number of hydrogen-bond acceptors (Lipinski definition) is 5. The molecule has 3 rings (SSSR count). The highest BCUT2D eigenvalue weighted by molar-refractivity contribution is 6.29. The number of nitrogens with zero attached hydrogens (tertiary/aromatic N) is 2. The third-order valence-electron chi connectivity index (χ3n) is 8.13. The zero-order chi connectivity index (χ0) is 28.4. The number of halogens is 4. The Bertz CT molecular complexity index is 952. The molecule has 214 valence electrons. The van der Waals surface area contributed by atoms with Crippen LogP contribution in [0.15, 0.2) is 0 Å². The van der Waals surface area contributed by atoms with Crippen molar-refractivity contribution in [2.24, 2.45) is 23.2 Å². The van der Waals surface area contributed by atoms with E-state index in [9.17, 15) is 37.1 Å². The topological polar surface area (TPSA) is 128 Å². The van der Waals surface area contributed by atoms with E-state index < -0.39 is 59.1 Å². The van der Waals surface area contributed by atoms with Crippen LogP contribution in [0.1, 0.15) is 52.9 Å². The molecule has 38 heavy (non-hydrogen) atoms. The first-order valence-corrected chi connectivity index (χ1v) is 13.3. The average molecular weight is 566 g/mol. The van der Waals surface area contributed by atoms with Crippen molar-refractivity contribution in [1.82, 2.24) is 26.0 Å². The molecule has 3 N–H and O–H groups in total. The van der Waals surface area contributed by atoms with Gasteiger partial charge in [0.05, 0.1) is 12.5 Å². The molecule has 2 aliphatic heterocycles. The second-order valence-electron chi connectivity index (χ2n) is 10.9. The SMILES string of the molecule is CCC(C)(C)C(NC(=O)C(F)F)C(=O)N1C[C@@H]2CCC[C@@H]2[C@H]1C(=O)NN(C[C@@H]1CCNC1=O)C(=O)C(F)Cl. The van der Waals surface area contributed by atoms with Gasteiger partial charge in [0, 0.05) is 13.1 Å². The predicted octanol–water partition coefficient (Wildman–Crippen LogP) is 1.33. The number of carbonyl (C=O) groups excluding carboxylic acids is 5. The standard InChI is InChI=1S/C24H35ClF3N5O5/c1-4-24(2,3)16(30-21(36)18(27)28)22(37)32-10-12-6-5-7-14(12)15(32)20(35)31-33(23(38)17(25)26)11-13-8-9-29-19(13)34/h12-18H,4-11H2,1-3H3,(H,29,34)(H,30,36)(H,31,35)/t12-,13-,14-,15-,16?,17?/m0/s1. The van der Waals surface area contributed by atoms with E-state index in [-0.39, 0.29) is 30.8 Å². The summed E-state index contributed by atoms with van der Waals surface area (Å²) in [5.74, 6) is -5.67. The van der Waals surface area contributed by atoms with Gasteiger partial charge in [0.1, 0.15) is 12.1 Å². The lowest BCUT2D eigenvalue weighted by atomic mass is 9.80. The maximum Gasteiger partial charge on any atom is 0.315 e. The quantitative estimate of drug-likeness (QED) is 0.287. The lowest BCUT2D eigenvalue weighted by Crippen LogP contribution is -2.61. The molecule has 1 saturated carbocycles. The van der Waals surface area contributed by atoms with Gasteiger partial charge in [-0.15, -0.1) is 0 Å². The van der Waals surface area contributed by atoms with Crippen molar-refractivity contribution in [2.45, 2.75) is 77.0 Å². The van der Waals surface area contributed by atoms with Crippen molar-refractivity contribution < 1.29 is 37.1 Å². The molecule has 10 nitrogen and oxygen atoms in total. The lowest BCUT2D eigenvalue weighted by Gasteiger charge is -2.38. The fourth-order valence-corrected chi connectivity index (χ4v) is 5.70. The molecule has 1 aliphatic carbocycles. The summed E-state index contributed by atoms with van der Waals surface area (Å²) < 4.78 is 40.0. The zero-order valence-electron chi connectivity index (χ0n) is 21.6. The van der Waals surface area contributed by atoms with Crippen LogP contribution >= 0.6 is 11.6 Å². The van der Waals surface area contributed by atoms with Gasteiger partial charge in [0.25, 0.3) is 23.4 Å². The molecular formula is C24H35ClF3N5O5. The fourth-order valence-electron chi connectivity index (χ4n) is 5.58. The van der Waals surface area contributed by atoms with Gasteiger partial charge in [0.15, 0.2) is 0 Å². The summed E-state index contributed by atoms with van der Waals surface area (Å²) in [6, 6.07) is -2.42. The van der Waals surface area contributed by atoms with E-state index in [0.717, 1.165) is 12.8 Å². The van der Waals surface area contributed by atoms with Gasteiger partial charge in [0.2, 0.25) is 11.8 Å². The summed E-state index contributed by atoms with van der Waals surface area (Å²) in [6.07, 6.45) is -0.434. The van der Waals surface area contributed by atoms with Crippen molar-refractivity contribution >= 4 is 41.1 Å². The molecule has 2 saturated heterocycles. The summed E-state index contributed by atoms with van der Waals surface area (Å²) in [5, 5.41) is 5.42. The van der Waals surface area contributed by atoms with Crippen LogP contribution in [0.4, 0.5) is 13.2 Å². The smallest absolute Gasteiger partial charge is 0.315 e. The third kappa shape index (κ3) is 6.35. The molecular weight excluding hydrogens is 531 g/mol. The van der Waals surface area contributed by atoms with E-state index in [0.29, 0.717) is 30.8 Å². The minimum absolute atomic E-state index is 0.0439. The molecule has 0 aromatic rings. The Morgan fingerprint density at radius 3 is 2.42 bits per heavy atom. The highest BCUT2D eigenvalue weighted by Crippen LogP contribution is 2.43. The van der Waals surface area contributed by atoms with E-state index in [2.05, 4.69) is 16.1 Å².